The highest BCUT2D eigenvalue weighted by Crippen LogP contribution is 2.30. The molecule has 0 aromatic heterocycles. The zero-order valence-corrected chi connectivity index (χ0v) is 10.6. The normalized spacial score (nSPS) is 11.9. The third kappa shape index (κ3) is 4.08. The van der Waals surface area contributed by atoms with Gasteiger partial charge in [0, 0.05) is 4.47 Å². The van der Waals surface area contributed by atoms with Crippen LogP contribution < -0.4 is 4.74 Å². The van der Waals surface area contributed by atoms with Gasteiger partial charge in [-0.15, -0.1) is 0 Å². The molecule has 1 nitrogen and oxygen atoms in total. The second-order valence-corrected chi connectivity index (χ2v) is 4.77. The van der Waals surface area contributed by atoms with Gasteiger partial charge >= 0.3 is 6.98 Å². The molecule has 0 radical (unpaired) electrons. The molecule has 0 saturated carbocycles. The molecule has 0 aliphatic heterocycles. The van der Waals surface area contributed by atoms with Gasteiger partial charge in [0.2, 0.25) is 0 Å². The molecule has 0 atom stereocenters. The van der Waals surface area contributed by atoms with E-state index in [-0.39, 0.29) is 5.92 Å². The summed E-state index contributed by atoms with van der Waals surface area (Å²) in [6.07, 6.45) is 0. The van der Waals surface area contributed by atoms with E-state index in [1.807, 2.05) is 13.8 Å². The van der Waals surface area contributed by atoms with E-state index >= 15 is 0 Å². The number of halogens is 4. The fourth-order valence-corrected chi connectivity index (χ4v) is 1.67. The number of rotatable bonds is 4. The maximum absolute atomic E-state index is 12.1. The van der Waals surface area contributed by atoms with Gasteiger partial charge < -0.3 is 17.7 Å². The number of hydrogen-bond donors (Lipinski definition) is 0. The molecule has 0 aliphatic carbocycles. The van der Waals surface area contributed by atoms with E-state index < -0.39 is 13.5 Å². The molecule has 1 aromatic rings. The number of ether oxygens (including phenoxy) is 1. The van der Waals surface area contributed by atoms with Gasteiger partial charge in [0.15, 0.2) is 0 Å². The molecule has 0 amide bonds. The second kappa shape index (κ2) is 5.12. The first-order chi connectivity index (χ1) is 7.29. The van der Waals surface area contributed by atoms with Crippen molar-refractivity contribution >= 4 is 22.9 Å². The maximum atomic E-state index is 12.1. The van der Waals surface area contributed by atoms with Crippen molar-refractivity contribution in [1.29, 1.82) is 0 Å². The third-order valence-electron chi connectivity index (χ3n) is 2.02. The molecular weight excluding hydrogens is 284 g/mol. The monoisotopic (exact) mass is 295 g/mol. The largest absolute Gasteiger partial charge is 0.521 e. The van der Waals surface area contributed by atoms with Crippen LogP contribution in [0.2, 0.25) is 0 Å². The van der Waals surface area contributed by atoms with E-state index in [0.717, 1.165) is 10.0 Å². The van der Waals surface area contributed by atoms with Crippen molar-refractivity contribution in [3.63, 3.8) is 0 Å². The van der Waals surface area contributed by atoms with E-state index in [1.54, 1.807) is 18.2 Å². The molecule has 0 N–H and O–H groups in total. The lowest BCUT2D eigenvalue weighted by Crippen LogP contribution is -2.26. The summed E-state index contributed by atoms with van der Waals surface area (Å²) >= 11 is 3.28. The van der Waals surface area contributed by atoms with E-state index in [4.69, 9.17) is 4.74 Å². The fraction of sp³-hybridized carbons (Fsp3) is 0.400. The second-order valence-electron chi connectivity index (χ2n) is 3.86. The quantitative estimate of drug-likeness (QED) is 0.751. The summed E-state index contributed by atoms with van der Waals surface area (Å²) in [5.74, 6) is 0.422. The molecule has 1 rings (SSSR count). The Balaban J connectivity index is 2.87. The average molecular weight is 296 g/mol. The first-order valence-corrected chi connectivity index (χ1v) is 5.72. The Bertz CT molecular complexity index is 366. The van der Waals surface area contributed by atoms with Crippen molar-refractivity contribution in [3.05, 3.63) is 28.2 Å². The maximum Gasteiger partial charge on any atom is 0.515 e. The minimum Gasteiger partial charge on any atom is -0.521 e. The van der Waals surface area contributed by atoms with Crippen molar-refractivity contribution in [2.24, 2.45) is 0 Å². The Labute approximate surface area is 101 Å². The average Bonchev–Trinajstić information content (AvgIpc) is 2.14. The van der Waals surface area contributed by atoms with Crippen molar-refractivity contribution in [3.8, 4) is 5.75 Å². The predicted molar refractivity (Wildman–Crippen MR) is 62.8 cm³/mol. The Morgan fingerprint density at radius 2 is 1.94 bits per heavy atom. The fourth-order valence-electron chi connectivity index (χ4n) is 1.29. The highest BCUT2D eigenvalue weighted by atomic mass is 79.9. The summed E-state index contributed by atoms with van der Waals surface area (Å²) in [5.41, 5.74) is 0.773. The van der Waals surface area contributed by atoms with Gasteiger partial charge in [0.05, 0.1) is 6.51 Å². The van der Waals surface area contributed by atoms with Crippen LogP contribution in [0.15, 0.2) is 22.7 Å². The zero-order valence-electron chi connectivity index (χ0n) is 9.01. The van der Waals surface area contributed by atoms with E-state index in [1.165, 1.54) is 0 Å². The molecule has 0 aliphatic rings. The Morgan fingerprint density at radius 1 is 1.31 bits per heavy atom. The van der Waals surface area contributed by atoms with Gasteiger partial charge in [-0.1, -0.05) is 29.8 Å². The molecule has 16 heavy (non-hydrogen) atoms. The summed E-state index contributed by atoms with van der Waals surface area (Å²) < 4.78 is 41.9. The van der Waals surface area contributed by atoms with Crippen molar-refractivity contribution in [1.82, 2.24) is 0 Å². The molecule has 0 bridgehead atoms. The van der Waals surface area contributed by atoms with Crippen LogP contribution in [0.25, 0.3) is 0 Å². The molecule has 0 saturated heterocycles. The van der Waals surface area contributed by atoms with Crippen molar-refractivity contribution in [2.75, 3.05) is 6.51 Å². The lowest BCUT2D eigenvalue weighted by atomic mass is 9.94. The molecule has 0 spiro atoms. The Kier molecular flexibility index (Phi) is 4.30. The summed E-state index contributed by atoms with van der Waals surface area (Å²) in [6, 6.07) is 5.01. The molecule has 90 valence electrons. The third-order valence-corrected chi connectivity index (χ3v) is 2.51. The van der Waals surface area contributed by atoms with Gasteiger partial charge in [0.25, 0.3) is 0 Å². The first kappa shape index (κ1) is 13.4. The van der Waals surface area contributed by atoms with Crippen LogP contribution in [0, 0.1) is 0 Å². The topological polar surface area (TPSA) is 9.23 Å². The van der Waals surface area contributed by atoms with Gasteiger partial charge in [-0.2, -0.15) is 0 Å². The van der Waals surface area contributed by atoms with Crippen LogP contribution in [0.4, 0.5) is 12.9 Å². The Hall–Kier alpha value is -0.645. The SMILES string of the molecule is CC(C)c1cc(Br)ccc1OC[B-](F)(F)F. The molecule has 0 heterocycles. The number of benzene rings is 1. The van der Waals surface area contributed by atoms with Crippen LogP contribution in [0.5, 0.6) is 5.75 Å². The van der Waals surface area contributed by atoms with Crippen LogP contribution in [-0.2, 0) is 0 Å². The minimum atomic E-state index is -4.91. The van der Waals surface area contributed by atoms with Crippen molar-refractivity contribution in [2.45, 2.75) is 19.8 Å². The molecule has 1 aromatic carbocycles. The summed E-state index contributed by atoms with van der Waals surface area (Å²) in [4.78, 5) is 0. The molecule has 0 unspecified atom stereocenters. The highest BCUT2D eigenvalue weighted by molar-refractivity contribution is 9.10. The summed E-state index contributed by atoms with van der Waals surface area (Å²) in [7, 11) is 0. The predicted octanol–water partition coefficient (Wildman–Crippen LogP) is 4.34. The van der Waals surface area contributed by atoms with Crippen LogP contribution in [-0.4, -0.2) is 13.5 Å². The number of hydrogen-bond acceptors (Lipinski definition) is 1. The lowest BCUT2D eigenvalue weighted by molar-refractivity contribution is 0.310. The minimum absolute atomic E-state index is 0.119. The summed E-state index contributed by atoms with van der Waals surface area (Å²) in [5, 5.41) is 0. The van der Waals surface area contributed by atoms with Gasteiger partial charge in [-0.3, -0.25) is 0 Å². The zero-order chi connectivity index (χ0) is 12.3. The van der Waals surface area contributed by atoms with E-state index in [9.17, 15) is 12.9 Å². The lowest BCUT2D eigenvalue weighted by Gasteiger charge is -2.19. The standard InChI is InChI=1S/C10H12BBrF3O/c1-7(2)9-5-8(12)3-4-10(9)16-6-11(13,14)15/h3-5,7H,6H2,1-2H3/q-1. The van der Waals surface area contributed by atoms with Gasteiger partial charge in [-0.25, -0.2) is 0 Å². The first-order valence-electron chi connectivity index (χ1n) is 4.93. The molecule has 0 fully saturated rings. The van der Waals surface area contributed by atoms with Crippen LogP contribution in [0.1, 0.15) is 25.3 Å². The van der Waals surface area contributed by atoms with Gasteiger partial charge in [0.1, 0.15) is 5.75 Å². The van der Waals surface area contributed by atoms with E-state index in [2.05, 4.69) is 15.9 Å². The smallest absolute Gasteiger partial charge is 0.515 e. The molecular formula is C10H12BBrF3O-. The van der Waals surface area contributed by atoms with Crippen LogP contribution >= 0.6 is 15.9 Å². The summed E-state index contributed by atoms with van der Waals surface area (Å²) in [6.45, 7) is -2.28. The van der Waals surface area contributed by atoms with E-state index in [0.29, 0.717) is 5.75 Å². The van der Waals surface area contributed by atoms with Gasteiger partial charge in [-0.05, 0) is 29.7 Å². The highest BCUT2D eigenvalue weighted by Gasteiger charge is 2.24. The van der Waals surface area contributed by atoms with Crippen molar-refractivity contribution < 1.29 is 17.7 Å². The Morgan fingerprint density at radius 3 is 2.44 bits per heavy atom. The van der Waals surface area contributed by atoms with Crippen LogP contribution in [0.3, 0.4) is 0 Å². The molecule has 6 heteroatoms.